The highest BCUT2D eigenvalue weighted by Gasteiger charge is 2.19. The van der Waals surface area contributed by atoms with Crippen LogP contribution in [0.5, 0.6) is 0 Å². The lowest BCUT2D eigenvalue weighted by molar-refractivity contribution is 0.420. The second-order valence-electron chi connectivity index (χ2n) is 5.69. The third kappa shape index (κ3) is 8.89. The Morgan fingerprint density at radius 2 is 1.30 bits per heavy atom. The molecular formula is C22H17BCl3N2O2+. The molecule has 3 aromatic rings. The third-order valence-electron chi connectivity index (χ3n) is 3.48. The molecule has 1 aromatic carbocycles. The number of nitrogens with zero attached hydrogens (tertiary/aromatic N) is 2. The molecule has 0 radical (unpaired) electrons. The van der Waals surface area contributed by atoms with Gasteiger partial charge in [0.2, 0.25) is 0 Å². The van der Waals surface area contributed by atoms with Crippen LogP contribution in [0.1, 0.15) is 0 Å². The predicted molar refractivity (Wildman–Crippen MR) is 124 cm³/mol. The largest absolute Gasteiger partial charge is 0.526 e. The zero-order chi connectivity index (χ0) is 21.8. The van der Waals surface area contributed by atoms with Crippen LogP contribution in [0.15, 0.2) is 96.5 Å². The Hall–Kier alpha value is -2.50. The van der Waals surface area contributed by atoms with Gasteiger partial charge in [-0.3, -0.25) is 0 Å². The van der Waals surface area contributed by atoms with Gasteiger partial charge >= 0.3 is 7.12 Å². The number of aromatic nitrogens is 2. The second-order valence-corrected chi connectivity index (χ2v) is 6.85. The first kappa shape index (κ1) is 23.8. The number of pyridine rings is 2. The first-order valence-electron chi connectivity index (χ1n) is 8.74. The molecule has 0 saturated heterocycles. The molecule has 0 fully saturated rings. The smallest absolute Gasteiger partial charge is 0.421 e. The van der Waals surface area contributed by atoms with Crippen molar-refractivity contribution in [2.45, 2.75) is 0 Å². The molecule has 2 aromatic heterocycles. The van der Waals surface area contributed by atoms with Gasteiger partial charge in [-0.15, -0.1) is 0 Å². The van der Waals surface area contributed by atoms with E-state index in [1.54, 1.807) is 48.6 Å². The SMILES string of the molecule is Clc1cccc(-c2ccccc2)n1.Clc1cccc(Cl)n1.OB(O)C1=CC=CC=[C+]1. The van der Waals surface area contributed by atoms with Crippen LogP contribution in [0.2, 0.25) is 15.5 Å². The Kier molecular flexibility index (Phi) is 10.3. The van der Waals surface area contributed by atoms with Gasteiger partial charge in [0.25, 0.3) is 0 Å². The van der Waals surface area contributed by atoms with Crippen LogP contribution < -0.4 is 0 Å². The standard InChI is InChI=1S/C11H8ClN.C6H6BO2.C5H3Cl2N/c12-11-8-4-7-10(13-11)9-5-2-1-3-6-9;8-7(9)6-4-2-1-3-5-6;6-4-2-1-3-5(7)8-4/h1-8H;1-4,8-9H;1-3H/q;+1;. The van der Waals surface area contributed by atoms with E-state index in [1.165, 1.54) is 0 Å². The molecule has 0 spiro atoms. The van der Waals surface area contributed by atoms with Crippen LogP contribution in [0, 0.1) is 6.08 Å². The predicted octanol–water partition coefficient (Wildman–Crippen LogP) is 5.64. The topological polar surface area (TPSA) is 66.2 Å². The normalized spacial score (nSPS) is 11.2. The summed E-state index contributed by atoms with van der Waals surface area (Å²) in [5, 5.41) is 18.5. The van der Waals surface area contributed by atoms with Gasteiger partial charge in [-0.2, -0.15) is 0 Å². The van der Waals surface area contributed by atoms with Gasteiger partial charge in [0.05, 0.1) is 5.69 Å². The zero-order valence-corrected chi connectivity index (χ0v) is 17.9. The van der Waals surface area contributed by atoms with Crippen molar-refractivity contribution in [3.8, 4) is 11.3 Å². The zero-order valence-electron chi connectivity index (χ0n) is 15.7. The van der Waals surface area contributed by atoms with Crippen LogP contribution in [0.4, 0.5) is 0 Å². The van der Waals surface area contributed by atoms with Crippen LogP contribution in [-0.4, -0.2) is 27.1 Å². The van der Waals surface area contributed by atoms with E-state index in [1.807, 2.05) is 42.5 Å². The molecule has 0 amide bonds. The summed E-state index contributed by atoms with van der Waals surface area (Å²) in [5.41, 5.74) is 2.40. The van der Waals surface area contributed by atoms with Gasteiger partial charge in [0, 0.05) is 29.9 Å². The summed E-state index contributed by atoms with van der Waals surface area (Å²) >= 11 is 16.7. The molecule has 1 aliphatic carbocycles. The number of hydrogen-bond acceptors (Lipinski definition) is 4. The van der Waals surface area contributed by atoms with Crippen molar-refractivity contribution < 1.29 is 10.0 Å². The summed E-state index contributed by atoms with van der Waals surface area (Å²) < 4.78 is 0. The lowest BCUT2D eigenvalue weighted by Crippen LogP contribution is -2.14. The van der Waals surface area contributed by atoms with Crippen molar-refractivity contribution in [3.63, 3.8) is 0 Å². The summed E-state index contributed by atoms with van der Waals surface area (Å²) in [4.78, 5) is 7.91. The van der Waals surface area contributed by atoms with Gasteiger partial charge in [0.1, 0.15) is 27.0 Å². The number of halogens is 3. The van der Waals surface area contributed by atoms with Crippen LogP contribution in [-0.2, 0) is 0 Å². The lowest BCUT2D eigenvalue weighted by atomic mass is 9.78. The monoisotopic (exact) mass is 457 g/mol. The van der Waals surface area contributed by atoms with E-state index >= 15 is 0 Å². The number of hydrogen-bond donors (Lipinski definition) is 2. The third-order valence-corrected chi connectivity index (χ3v) is 4.11. The number of allylic oxidation sites excluding steroid dienone is 6. The molecule has 8 heteroatoms. The molecule has 0 atom stereocenters. The molecule has 4 rings (SSSR count). The van der Waals surface area contributed by atoms with E-state index in [0.717, 1.165) is 11.3 Å². The molecule has 4 nitrogen and oxygen atoms in total. The Bertz CT molecular complexity index is 1010. The van der Waals surface area contributed by atoms with E-state index in [9.17, 15) is 0 Å². The first-order valence-corrected chi connectivity index (χ1v) is 9.88. The summed E-state index contributed by atoms with van der Waals surface area (Å²) in [6.07, 6.45) is 9.40. The van der Waals surface area contributed by atoms with Gasteiger partial charge < -0.3 is 10.0 Å². The summed E-state index contributed by atoms with van der Waals surface area (Å²) in [5.74, 6) is 0. The molecular weight excluding hydrogens is 441 g/mol. The average Bonchev–Trinajstić information content (AvgIpc) is 2.76. The van der Waals surface area contributed by atoms with Crippen LogP contribution in [0.25, 0.3) is 11.3 Å². The molecule has 0 saturated carbocycles. The molecule has 0 unspecified atom stereocenters. The van der Waals surface area contributed by atoms with E-state index < -0.39 is 7.12 Å². The van der Waals surface area contributed by atoms with Gasteiger partial charge in [0.15, 0.2) is 0 Å². The minimum atomic E-state index is -1.40. The maximum atomic E-state index is 8.55. The Balaban J connectivity index is 0.000000167. The second kappa shape index (κ2) is 12.9. The van der Waals surface area contributed by atoms with Crippen LogP contribution >= 0.6 is 34.8 Å². The van der Waals surface area contributed by atoms with Crippen molar-refractivity contribution in [2.24, 2.45) is 0 Å². The fraction of sp³-hybridized carbons (Fsp3) is 0. The summed E-state index contributed by atoms with van der Waals surface area (Å²) in [6, 6.07) is 20.7. The first-order chi connectivity index (χ1) is 14.5. The van der Waals surface area contributed by atoms with Crippen molar-refractivity contribution in [3.05, 3.63) is 118 Å². The highest BCUT2D eigenvalue weighted by Crippen LogP contribution is 2.17. The minimum absolute atomic E-state index is 0.400. The highest BCUT2D eigenvalue weighted by molar-refractivity contribution is 6.51. The summed E-state index contributed by atoms with van der Waals surface area (Å²) in [7, 11) is -1.40. The molecule has 30 heavy (non-hydrogen) atoms. The molecule has 0 bridgehead atoms. The minimum Gasteiger partial charge on any atom is -0.421 e. The maximum absolute atomic E-state index is 8.55. The Labute approximate surface area is 191 Å². The Morgan fingerprint density at radius 3 is 1.73 bits per heavy atom. The molecule has 1 aliphatic rings. The van der Waals surface area contributed by atoms with E-state index in [-0.39, 0.29) is 0 Å². The number of benzene rings is 1. The molecule has 2 N–H and O–H groups in total. The van der Waals surface area contributed by atoms with Crippen molar-refractivity contribution in [1.82, 2.24) is 9.97 Å². The fourth-order valence-electron chi connectivity index (χ4n) is 2.13. The molecule has 0 aliphatic heterocycles. The molecule has 2 heterocycles. The van der Waals surface area contributed by atoms with Gasteiger partial charge in [-0.05, 0) is 24.3 Å². The molecule has 150 valence electrons. The van der Waals surface area contributed by atoms with E-state index in [2.05, 4.69) is 16.0 Å². The van der Waals surface area contributed by atoms with Gasteiger partial charge in [-0.25, -0.2) is 9.97 Å². The lowest BCUT2D eigenvalue weighted by Gasteiger charge is -1.99. The van der Waals surface area contributed by atoms with Crippen molar-refractivity contribution in [2.75, 3.05) is 0 Å². The highest BCUT2D eigenvalue weighted by atomic mass is 35.5. The average molecular weight is 459 g/mol. The number of rotatable bonds is 2. The van der Waals surface area contributed by atoms with Crippen molar-refractivity contribution in [1.29, 1.82) is 0 Å². The van der Waals surface area contributed by atoms with E-state index in [0.29, 0.717) is 20.9 Å². The maximum Gasteiger partial charge on any atom is 0.526 e. The fourth-order valence-corrected chi connectivity index (χ4v) is 2.66. The van der Waals surface area contributed by atoms with Gasteiger partial charge in [-0.1, -0.05) is 77.3 Å². The summed E-state index contributed by atoms with van der Waals surface area (Å²) in [6.45, 7) is 0. The van der Waals surface area contributed by atoms with Crippen molar-refractivity contribution >= 4 is 41.9 Å². The van der Waals surface area contributed by atoms with Crippen LogP contribution in [0.3, 0.4) is 0 Å². The van der Waals surface area contributed by atoms with E-state index in [4.69, 9.17) is 44.9 Å². The Morgan fingerprint density at radius 1 is 0.700 bits per heavy atom. The quantitative estimate of drug-likeness (QED) is 0.296.